The van der Waals surface area contributed by atoms with E-state index in [-0.39, 0.29) is 24.5 Å². The normalized spacial score (nSPS) is 25.9. The van der Waals surface area contributed by atoms with E-state index >= 15 is 0 Å². The van der Waals surface area contributed by atoms with Crippen LogP contribution in [0, 0.1) is 5.92 Å². The number of rotatable bonds is 4. The molecule has 15 heavy (non-hydrogen) atoms. The van der Waals surface area contributed by atoms with Crippen LogP contribution in [0.4, 0.5) is 0 Å². The second-order valence-corrected chi connectivity index (χ2v) is 3.89. The summed E-state index contributed by atoms with van der Waals surface area (Å²) in [4.78, 5) is 21.9. The van der Waals surface area contributed by atoms with Crippen molar-refractivity contribution < 1.29 is 19.4 Å². The molecule has 1 aliphatic rings. The fourth-order valence-corrected chi connectivity index (χ4v) is 1.89. The summed E-state index contributed by atoms with van der Waals surface area (Å²) < 4.78 is 4.70. The monoisotopic (exact) mass is 215 g/mol. The van der Waals surface area contributed by atoms with Gasteiger partial charge in [-0.2, -0.15) is 0 Å². The van der Waals surface area contributed by atoms with Gasteiger partial charge in [-0.05, 0) is 25.7 Å². The number of amides is 1. The van der Waals surface area contributed by atoms with Gasteiger partial charge in [0.25, 0.3) is 0 Å². The van der Waals surface area contributed by atoms with E-state index in [1.165, 1.54) is 7.11 Å². The van der Waals surface area contributed by atoms with Gasteiger partial charge in [0.1, 0.15) is 6.61 Å². The second-order valence-electron chi connectivity index (χ2n) is 3.89. The summed E-state index contributed by atoms with van der Waals surface area (Å²) in [6, 6.07) is 0.114. The molecule has 0 aromatic heterocycles. The Hall–Kier alpha value is -1.10. The van der Waals surface area contributed by atoms with E-state index in [4.69, 9.17) is 9.84 Å². The Morgan fingerprint density at radius 3 is 2.40 bits per heavy atom. The van der Waals surface area contributed by atoms with Crippen LogP contribution < -0.4 is 5.32 Å². The molecule has 1 fully saturated rings. The molecule has 5 heteroatoms. The summed E-state index contributed by atoms with van der Waals surface area (Å²) in [6.45, 7) is 0.0683. The number of nitrogens with one attached hydrogen (secondary N) is 1. The molecule has 86 valence electrons. The topological polar surface area (TPSA) is 75.6 Å². The Balaban J connectivity index is 2.25. The number of aliphatic carboxylic acids is 1. The fourth-order valence-electron chi connectivity index (χ4n) is 1.89. The third-order valence-electron chi connectivity index (χ3n) is 2.72. The van der Waals surface area contributed by atoms with Crippen LogP contribution in [0.2, 0.25) is 0 Å². The zero-order valence-electron chi connectivity index (χ0n) is 8.86. The second kappa shape index (κ2) is 5.70. The first kappa shape index (κ1) is 12.0. The first-order valence-electron chi connectivity index (χ1n) is 5.14. The molecule has 0 aromatic rings. The molecule has 0 unspecified atom stereocenters. The number of hydrogen-bond donors (Lipinski definition) is 2. The lowest BCUT2D eigenvalue weighted by atomic mass is 9.86. The smallest absolute Gasteiger partial charge is 0.306 e. The third-order valence-corrected chi connectivity index (χ3v) is 2.72. The van der Waals surface area contributed by atoms with Crippen LogP contribution in [-0.2, 0) is 14.3 Å². The predicted molar refractivity (Wildman–Crippen MR) is 53.4 cm³/mol. The van der Waals surface area contributed by atoms with Crippen molar-refractivity contribution in [3.8, 4) is 0 Å². The van der Waals surface area contributed by atoms with Crippen molar-refractivity contribution in [3.63, 3.8) is 0 Å². The summed E-state index contributed by atoms with van der Waals surface area (Å²) in [6.07, 6.45) is 2.78. The van der Waals surface area contributed by atoms with Crippen LogP contribution in [0.3, 0.4) is 0 Å². The van der Waals surface area contributed by atoms with Crippen molar-refractivity contribution in [1.82, 2.24) is 5.32 Å². The van der Waals surface area contributed by atoms with Crippen LogP contribution >= 0.6 is 0 Å². The Kier molecular flexibility index (Phi) is 4.55. The van der Waals surface area contributed by atoms with Crippen molar-refractivity contribution in [2.45, 2.75) is 31.7 Å². The minimum Gasteiger partial charge on any atom is -0.481 e. The molecule has 0 atom stereocenters. The highest BCUT2D eigenvalue weighted by Gasteiger charge is 2.26. The van der Waals surface area contributed by atoms with E-state index < -0.39 is 5.97 Å². The molecule has 0 aliphatic heterocycles. The van der Waals surface area contributed by atoms with E-state index in [1.807, 2.05) is 0 Å². The van der Waals surface area contributed by atoms with Gasteiger partial charge < -0.3 is 15.2 Å². The zero-order valence-corrected chi connectivity index (χ0v) is 8.86. The molecule has 0 aromatic carbocycles. The van der Waals surface area contributed by atoms with Gasteiger partial charge >= 0.3 is 5.97 Å². The maximum Gasteiger partial charge on any atom is 0.306 e. The first-order chi connectivity index (χ1) is 7.13. The van der Waals surface area contributed by atoms with Gasteiger partial charge in [0, 0.05) is 13.2 Å². The van der Waals surface area contributed by atoms with Crippen molar-refractivity contribution >= 4 is 11.9 Å². The highest BCUT2D eigenvalue weighted by Crippen LogP contribution is 2.24. The lowest BCUT2D eigenvalue weighted by molar-refractivity contribution is -0.142. The maximum atomic E-state index is 11.2. The predicted octanol–water partition coefficient (Wildman–Crippen LogP) is 0.392. The molecule has 1 amide bonds. The number of hydrogen-bond acceptors (Lipinski definition) is 3. The lowest BCUT2D eigenvalue weighted by Crippen LogP contribution is -2.40. The molecule has 0 heterocycles. The Morgan fingerprint density at radius 1 is 1.33 bits per heavy atom. The van der Waals surface area contributed by atoms with E-state index in [0.29, 0.717) is 12.8 Å². The van der Waals surface area contributed by atoms with Crippen LogP contribution in [0.1, 0.15) is 25.7 Å². The minimum absolute atomic E-state index is 0.0683. The molecule has 2 N–H and O–H groups in total. The molecule has 0 bridgehead atoms. The van der Waals surface area contributed by atoms with E-state index in [1.54, 1.807) is 0 Å². The minimum atomic E-state index is -0.725. The van der Waals surface area contributed by atoms with E-state index in [2.05, 4.69) is 5.32 Å². The van der Waals surface area contributed by atoms with Crippen LogP contribution in [-0.4, -0.2) is 36.7 Å². The van der Waals surface area contributed by atoms with Crippen molar-refractivity contribution in [1.29, 1.82) is 0 Å². The zero-order chi connectivity index (χ0) is 11.3. The van der Waals surface area contributed by atoms with Crippen molar-refractivity contribution in [3.05, 3.63) is 0 Å². The average molecular weight is 215 g/mol. The number of carbonyl (C=O) groups excluding carboxylic acids is 1. The molecular formula is C10H17NO4. The SMILES string of the molecule is COCC(=O)NC1CCC(C(=O)O)CC1. The average Bonchev–Trinajstić information content (AvgIpc) is 2.18. The Labute approximate surface area is 88.8 Å². The summed E-state index contributed by atoms with van der Waals surface area (Å²) in [7, 11) is 1.47. The molecule has 5 nitrogen and oxygen atoms in total. The number of carboxylic acids is 1. The summed E-state index contributed by atoms with van der Waals surface area (Å²) >= 11 is 0. The van der Waals surface area contributed by atoms with Crippen LogP contribution in [0.25, 0.3) is 0 Å². The molecule has 1 saturated carbocycles. The van der Waals surface area contributed by atoms with Gasteiger partial charge in [-0.3, -0.25) is 9.59 Å². The van der Waals surface area contributed by atoms with Gasteiger partial charge in [-0.15, -0.1) is 0 Å². The Morgan fingerprint density at radius 2 is 1.93 bits per heavy atom. The molecule has 1 rings (SSSR count). The van der Waals surface area contributed by atoms with Crippen LogP contribution in [0.15, 0.2) is 0 Å². The quantitative estimate of drug-likeness (QED) is 0.711. The molecule has 0 spiro atoms. The van der Waals surface area contributed by atoms with Gasteiger partial charge in [0.05, 0.1) is 5.92 Å². The van der Waals surface area contributed by atoms with Crippen molar-refractivity contribution in [2.24, 2.45) is 5.92 Å². The van der Waals surface area contributed by atoms with Crippen LogP contribution in [0.5, 0.6) is 0 Å². The van der Waals surface area contributed by atoms with Gasteiger partial charge in [0.15, 0.2) is 0 Å². The number of carboxylic acid groups (broad SMARTS) is 1. The summed E-state index contributed by atoms with van der Waals surface area (Å²) in [5.41, 5.74) is 0. The highest BCUT2D eigenvalue weighted by atomic mass is 16.5. The maximum absolute atomic E-state index is 11.2. The first-order valence-corrected chi connectivity index (χ1v) is 5.14. The highest BCUT2D eigenvalue weighted by molar-refractivity contribution is 5.77. The van der Waals surface area contributed by atoms with E-state index in [9.17, 15) is 9.59 Å². The number of ether oxygens (including phenoxy) is 1. The third kappa shape index (κ3) is 3.87. The lowest BCUT2D eigenvalue weighted by Gasteiger charge is -2.26. The van der Waals surface area contributed by atoms with Gasteiger partial charge in [-0.25, -0.2) is 0 Å². The number of carbonyl (C=O) groups is 2. The molecule has 0 radical (unpaired) electrons. The van der Waals surface area contributed by atoms with E-state index in [0.717, 1.165) is 12.8 Å². The molecule has 0 saturated heterocycles. The number of methoxy groups -OCH3 is 1. The Bertz CT molecular complexity index is 234. The molecule has 1 aliphatic carbocycles. The van der Waals surface area contributed by atoms with Crippen molar-refractivity contribution in [2.75, 3.05) is 13.7 Å². The summed E-state index contributed by atoms with van der Waals surface area (Å²) in [5, 5.41) is 11.6. The largest absolute Gasteiger partial charge is 0.481 e. The fraction of sp³-hybridized carbons (Fsp3) is 0.800. The van der Waals surface area contributed by atoms with Gasteiger partial charge in [-0.1, -0.05) is 0 Å². The molecular weight excluding hydrogens is 198 g/mol. The summed E-state index contributed by atoms with van der Waals surface area (Å²) in [5.74, 6) is -1.09. The van der Waals surface area contributed by atoms with Gasteiger partial charge in [0.2, 0.25) is 5.91 Å². The standard InChI is InChI=1S/C10H17NO4/c1-15-6-9(12)11-8-4-2-7(3-5-8)10(13)14/h7-8H,2-6H2,1H3,(H,11,12)(H,13,14).